The molecule has 0 fully saturated rings. The molecule has 7 nitrogen and oxygen atoms in total. The molecular weight excluding hydrogens is 312 g/mol. The molecule has 0 bridgehead atoms. The minimum absolute atomic E-state index is 0.253. The first-order chi connectivity index (χ1) is 10.9. The van der Waals surface area contributed by atoms with Crippen LogP contribution in [0.4, 0.5) is 0 Å². The molecule has 1 aromatic heterocycles. The molecule has 2 rings (SSSR count). The molecule has 1 aliphatic heterocycles. The number of fused-ring (bicyclic) bond motifs is 1. The highest BCUT2D eigenvalue weighted by molar-refractivity contribution is 7.16. The van der Waals surface area contributed by atoms with E-state index >= 15 is 0 Å². The lowest BCUT2D eigenvalue weighted by Crippen LogP contribution is -2.13. The average molecular weight is 330 g/mol. The summed E-state index contributed by atoms with van der Waals surface area (Å²) in [6.07, 6.45) is 1.30. The Balaban J connectivity index is 2.09. The molecule has 0 radical (unpaired) electrons. The van der Waals surface area contributed by atoms with E-state index < -0.39 is 0 Å². The molecule has 0 saturated carbocycles. The summed E-state index contributed by atoms with van der Waals surface area (Å²) in [5.74, 6) is 0.577. The fraction of sp³-hybridized carbons (Fsp3) is 0.571. The molecule has 0 unspecified atom stereocenters. The molecular formula is C14H18O7S. The molecule has 0 atom stereocenters. The van der Waals surface area contributed by atoms with Crippen LogP contribution in [0.1, 0.15) is 19.3 Å². The Bertz CT molecular complexity index is 445. The highest BCUT2D eigenvalue weighted by Crippen LogP contribution is 2.40. The van der Waals surface area contributed by atoms with Crippen LogP contribution in [-0.4, -0.2) is 65.4 Å². The molecule has 0 N–H and O–H groups in total. The quantitative estimate of drug-likeness (QED) is 0.754. The van der Waals surface area contributed by atoms with Crippen LogP contribution in [0.2, 0.25) is 0 Å². The van der Waals surface area contributed by atoms with E-state index in [1.165, 1.54) is 0 Å². The van der Waals surface area contributed by atoms with Gasteiger partial charge in [0.2, 0.25) is 0 Å². The molecule has 0 aromatic carbocycles. The Morgan fingerprint density at radius 1 is 0.636 bits per heavy atom. The standard InChI is InChI=1S/C14H18O7S/c15-9-11-13-14(12(10-16)22-11)21-8-6-19-4-2-17-1-3-18-5-7-20-13/h9-10H,1-8H2. The minimum Gasteiger partial charge on any atom is -0.486 e. The first-order valence-corrected chi connectivity index (χ1v) is 7.74. The van der Waals surface area contributed by atoms with Gasteiger partial charge in [-0.2, -0.15) is 0 Å². The summed E-state index contributed by atoms with van der Waals surface area (Å²) in [5.41, 5.74) is 0. The summed E-state index contributed by atoms with van der Waals surface area (Å²) in [4.78, 5) is 22.9. The van der Waals surface area contributed by atoms with Crippen LogP contribution in [0.15, 0.2) is 0 Å². The van der Waals surface area contributed by atoms with E-state index in [0.29, 0.717) is 62.0 Å². The number of carbonyl (C=O) groups excluding carboxylic acids is 2. The van der Waals surface area contributed by atoms with Gasteiger partial charge in [0.25, 0.3) is 0 Å². The second kappa shape index (κ2) is 9.52. The molecule has 0 aliphatic carbocycles. The Morgan fingerprint density at radius 2 is 1.00 bits per heavy atom. The number of ether oxygens (including phenoxy) is 5. The summed E-state index contributed by atoms with van der Waals surface area (Å²) in [6.45, 7) is 3.09. The van der Waals surface area contributed by atoms with Gasteiger partial charge in [0.05, 0.1) is 39.6 Å². The van der Waals surface area contributed by atoms with Gasteiger partial charge in [-0.25, -0.2) is 0 Å². The zero-order valence-electron chi connectivity index (χ0n) is 12.1. The number of thiophene rings is 1. The van der Waals surface area contributed by atoms with E-state index in [1.807, 2.05) is 0 Å². The van der Waals surface area contributed by atoms with Crippen LogP contribution in [0.3, 0.4) is 0 Å². The second-order valence-electron chi connectivity index (χ2n) is 4.26. The number of hydrogen-bond acceptors (Lipinski definition) is 8. The molecule has 0 spiro atoms. The van der Waals surface area contributed by atoms with Crippen molar-refractivity contribution in [1.82, 2.24) is 0 Å². The van der Waals surface area contributed by atoms with Crippen molar-refractivity contribution in [3.05, 3.63) is 9.75 Å². The molecule has 1 aromatic rings. The Labute approximate surface area is 132 Å². The first-order valence-electron chi connectivity index (χ1n) is 6.92. The van der Waals surface area contributed by atoms with Crippen molar-refractivity contribution in [1.29, 1.82) is 0 Å². The SMILES string of the molecule is O=Cc1sc(C=O)c2c1OCCOCCOCCOCCO2. The van der Waals surface area contributed by atoms with E-state index in [2.05, 4.69) is 0 Å². The summed E-state index contributed by atoms with van der Waals surface area (Å²) in [7, 11) is 0. The van der Waals surface area contributed by atoms with Crippen molar-refractivity contribution in [2.45, 2.75) is 0 Å². The Morgan fingerprint density at radius 3 is 1.36 bits per heavy atom. The van der Waals surface area contributed by atoms with Crippen LogP contribution in [0, 0.1) is 0 Å². The van der Waals surface area contributed by atoms with Crippen molar-refractivity contribution in [3.8, 4) is 11.5 Å². The van der Waals surface area contributed by atoms with E-state index in [4.69, 9.17) is 23.7 Å². The lowest BCUT2D eigenvalue weighted by atomic mass is 10.3. The van der Waals surface area contributed by atoms with Crippen LogP contribution >= 0.6 is 11.3 Å². The van der Waals surface area contributed by atoms with Gasteiger partial charge in [-0.1, -0.05) is 0 Å². The highest BCUT2D eigenvalue weighted by Gasteiger charge is 2.21. The fourth-order valence-electron chi connectivity index (χ4n) is 1.81. The maximum atomic E-state index is 11.1. The molecule has 2 heterocycles. The molecule has 0 amide bonds. The zero-order valence-corrected chi connectivity index (χ0v) is 12.9. The third-order valence-electron chi connectivity index (χ3n) is 2.78. The number of aldehydes is 2. The maximum absolute atomic E-state index is 11.1. The predicted octanol–water partition coefficient (Wildman–Crippen LogP) is 1.19. The van der Waals surface area contributed by atoms with E-state index in [1.54, 1.807) is 0 Å². The fourth-order valence-corrected chi connectivity index (χ4v) is 2.63. The van der Waals surface area contributed by atoms with Crippen molar-refractivity contribution < 1.29 is 33.3 Å². The van der Waals surface area contributed by atoms with Crippen LogP contribution in [-0.2, 0) is 14.2 Å². The number of hydrogen-bond donors (Lipinski definition) is 0. The lowest BCUT2D eigenvalue weighted by molar-refractivity contribution is 0.00705. The summed E-state index contributed by atoms with van der Waals surface area (Å²) >= 11 is 1.04. The summed E-state index contributed by atoms with van der Waals surface area (Å²) in [6, 6.07) is 0. The van der Waals surface area contributed by atoms with Crippen molar-refractivity contribution >= 4 is 23.9 Å². The summed E-state index contributed by atoms with van der Waals surface area (Å²) in [5, 5.41) is 0. The van der Waals surface area contributed by atoms with Gasteiger partial charge in [-0.3, -0.25) is 9.59 Å². The third-order valence-corrected chi connectivity index (χ3v) is 3.78. The van der Waals surface area contributed by atoms with Gasteiger partial charge >= 0.3 is 0 Å². The van der Waals surface area contributed by atoms with Crippen LogP contribution in [0.5, 0.6) is 11.5 Å². The normalized spacial score (nSPS) is 18.0. The molecule has 122 valence electrons. The summed E-state index contributed by atoms with van der Waals surface area (Å²) < 4.78 is 27.1. The van der Waals surface area contributed by atoms with Gasteiger partial charge in [0.15, 0.2) is 24.1 Å². The second-order valence-corrected chi connectivity index (χ2v) is 5.34. The number of rotatable bonds is 2. The van der Waals surface area contributed by atoms with E-state index in [9.17, 15) is 9.59 Å². The Kier molecular flexibility index (Phi) is 7.31. The topological polar surface area (TPSA) is 80.3 Å². The van der Waals surface area contributed by atoms with Crippen molar-refractivity contribution in [2.75, 3.05) is 52.9 Å². The van der Waals surface area contributed by atoms with Gasteiger partial charge in [0.1, 0.15) is 23.0 Å². The lowest BCUT2D eigenvalue weighted by Gasteiger charge is -2.10. The molecule has 0 saturated heterocycles. The molecule has 22 heavy (non-hydrogen) atoms. The van der Waals surface area contributed by atoms with Gasteiger partial charge in [-0.15, -0.1) is 11.3 Å². The first kappa shape index (κ1) is 16.9. The zero-order chi connectivity index (χ0) is 15.6. The van der Waals surface area contributed by atoms with Crippen LogP contribution < -0.4 is 9.47 Å². The van der Waals surface area contributed by atoms with Crippen molar-refractivity contribution in [3.63, 3.8) is 0 Å². The molecule has 1 aliphatic rings. The largest absolute Gasteiger partial charge is 0.486 e. The predicted molar refractivity (Wildman–Crippen MR) is 78.5 cm³/mol. The van der Waals surface area contributed by atoms with Gasteiger partial charge in [0, 0.05) is 0 Å². The smallest absolute Gasteiger partial charge is 0.183 e. The Hall–Kier alpha value is -1.48. The van der Waals surface area contributed by atoms with Crippen molar-refractivity contribution in [2.24, 2.45) is 0 Å². The monoisotopic (exact) mass is 330 g/mol. The van der Waals surface area contributed by atoms with E-state index in [-0.39, 0.29) is 24.7 Å². The molecule has 8 heteroatoms. The minimum atomic E-state index is 0.253. The van der Waals surface area contributed by atoms with E-state index in [0.717, 1.165) is 11.3 Å². The maximum Gasteiger partial charge on any atom is 0.183 e. The highest BCUT2D eigenvalue weighted by atomic mass is 32.1. The average Bonchev–Trinajstić information content (AvgIpc) is 2.87. The van der Waals surface area contributed by atoms with Gasteiger partial charge < -0.3 is 23.7 Å². The number of carbonyl (C=O) groups is 2. The van der Waals surface area contributed by atoms with Gasteiger partial charge in [-0.05, 0) is 0 Å². The third kappa shape index (κ3) is 4.77. The van der Waals surface area contributed by atoms with Crippen LogP contribution in [0.25, 0.3) is 0 Å².